The summed E-state index contributed by atoms with van der Waals surface area (Å²) in [5.74, 6) is 3.73. The Morgan fingerprint density at radius 1 is 1.11 bits per heavy atom. The minimum absolute atomic E-state index is 0.764. The van der Waals surface area contributed by atoms with E-state index in [-0.39, 0.29) is 0 Å². The van der Waals surface area contributed by atoms with Crippen molar-refractivity contribution in [3.8, 4) is 0 Å². The average Bonchev–Trinajstić information content (AvgIpc) is 2.92. The molecule has 0 aromatic carbocycles. The molecule has 3 fully saturated rings. The molecule has 0 aromatic heterocycles. The molecule has 104 valence electrons. The molecule has 2 saturated heterocycles. The lowest BCUT2D eigenvalue weighted by atomic mass is 9.77. The van der Waals surface area contributed by atoms with Crippen LogP contribution < -0.4 is 5.32 Å². The van der Waals surface area contributed by atoms with Crippen molar-refractivity contribution >= 4 is 11.8 Å². The van der Waals surface area contributed by atoms with Crippen LogP contribution >= 0.6 is 11.8 Å². The first-order chi connectivity index (χ1) is 8.83. The van der Waals surface area contributed by atoms with E-state index in [1.54, 1.807) is 0 Å². The maximum absolute atomic E-state index is 3.96. The van der Waals surface area contributed by atoms with Crippen molar-refractivity contribution in [1.82, 2.24) is 10.2 Å². The Bertz CT molecular complexity index is 265. The topological polar surface area (TPSA) is 15.3 Å². The van der Waals surface area contributed by atoms with Crippen molar-refractivity contribution < 1.29 is 0 Å². The molecule has 3 heteroatoms. The first kappa shape index (κ1) is 13.3. The maximum atomic E-state index is 3.96. The van der Waals surface area contributed by atoms with Crippen LogP contribution in [0.1, 0.15) is 44.9 Å². The highest BCUT2D eigenvalue weighted by atomic mass is 32.2. The van der Waals surface area contributed by atoms with E-state index in [9.17, 15) is 0 Å². The molecule has 18 heavy (non-hydrogen) atoms. The SMILES string of the molecule is CN(CC1CCC2CCCCC2N1)C1CCSC1. The second-order valence-electron chi connectivity index (χ2n) is 6.55. The zero-order valence-electron chi connectivity index (χ0n) is 11.7. The van der Waals surface area contributed by atoms with Crippen LogP contribution in [-0.2, 0) is 0 Å². The Kier molecular flexibility index (Phi) is 4.53. The number of hydrogen-bond acceptors (Lipinski definition) is 3. The van der Waals surface area contributed by atoms with Crippen LogP contribution in [0.15, 0.2) is 0 Å². The molecule has 1 aliphatic carbocycles. The van der Waals surface area contributed by atoms with Gasteiger partial charge in [0.1, 0.15) is 0 Å². The quantitative estimate of drug-likeness (QED) is 0.847. The predicted octanol–water partition coefficient (Wildman–Crippen LogP) is 2.73. The highest BCUT2D eigenvalue weighted by molar-refractivity contribution is 7.99. The lowest BCUT2D eigenvalue weighted by Crippen LogP contribution is -2.53. The lowest BCUT2D eigenvalue weighted by Gasteiger charge is -2.42. The van der Waals surface area contributed by atoms with Gasteiger partial charge in [0.05, 0.1) is 0 Å². The van der Waals surface area contributed by atoms with Gasteiger partial charge in [0.15, 0.2) is 0 Å². The molecular formula is C15H28N2S. The van der Waals surface area contributed by atoms with Gasteiger partial charge >= 0.3 is 0 Å². The molecule has 2 aliphatic heterocycles. The van der Waals surface area contributed by atoms with E-state index in [1.807, 2.05) is 0 Å². The van der Waals surface area contributed by atoms with Gasteiger partial charge in [-0.25, -0.2) is 0 Å². The minimum atomic E-state index is 0.764. The molecule has 1 saturated carbocycles. The number of nitrogens with one attached hydrogen (secondary N) is 1. The summed E-state index contributed by atoms with van der Waals surface area (Å²) in [6, 6.07) is 2.46. The van der Waals surface area contributed by atoms with E-state index >= 15 is 0 Å². The zero-order chi connectivity index (χ0) is 12.4. The standard InChI is InChI=1S/C15H28N2S/c1-17(14-8-9-18-11-14)10-13-7-6-12-4-2-3-5-15(12)16-13/h12-16H,2-11H2,1H3. The first-order valence-electron chi connectivity index (χ1n) is 7.87. The van der Waals surface area contributed by atoms with E-state index in [2.05, 4.69) is 29.0 Å². The van der Waals surface area contributed by atoms with Crippen LogP contribution in [0.2, 0.25) is 0 Å². The Balaban J connectivity index is 1.48. The summed E-state index contributed by atoms with van der Waals surface area (Å²) in [4.78, 5) is 2.63. The van der Waals surface area contributed by atoms with Gasteiger partial charge in [-0.2, -0.15) is 11.8 Å². The van der Waals surface area contributed by atoms with Crippen molar-refractivity contribution in [2.45, 2.75) is 63.1 Å². The fourth-order valence-electron chi connectivity index (χ4n) is 4.08. The maximum Gasteiger partial charge on any atom is 0.0197 e. The lowest BCUT2D eigenvalue weighted by molar-refractivity contribution is 0.141. The van der Waals surface area contributed by atoms with E-state index in [0.717, 1.165) is 24.0 Å². The largest absolute Gasteiger partial charge is 0.310 e. The van der Waals surface area contributed by atoms with E-state index in [1.165, 1.54) is 63.0 Å². The normalized spacial score (nSPS) is 41.0. The van der Waals surface area contributed by atoms with Crippen molar-refractivity contribution in [3.63, 3.8) is 0 Å². The van der Waals surface area contributed by atoms with E-state index in [0.29, 0.717) is 0 Å². The Hall–Kier alpha value is 0.270. The predicted molar refractivity (Wildman–Crippen MR) is 80.3 cm³/mol. The summed E-state index contributed by atoms with van der Waals surface area (Å²) < 4.78 is 0. The third-order valence-electron chi connectivity index (χ3n) is 5.28. The van der Waals surface area contributed by atoms with Gasteiger partial charge in [0.2, 0.25) is 0 Å². The van der Waals surface area contributed by atoms with Gasteiger partial charge in [0, 0.05) is 30.4 Å². The monoisotopic (exact) mass is 268 g/mol. The van der Waals surface area contributed by atoms with Gasteiger partial charge in [-0.3, -0.25) is 0 Å². The van der Waals surface area contributed by atoms with Crippen LogP contribution in [0.5, 0.6) is 0 Å². The molecule has 2 heterocycles. The molecule has 0 radical (unpaired) electrons. The van der Waals surface area contributed by atoms with Crippen molar-refractivity contribution in [2.24, 2.45) is 5.92 Å². The van der Waals surface area contributed by atoms with Crippen LogP contribution in [0.3, 0.4) is 0 Å². The van der Waals surface area contributed by atoms with Crippen LogP contribution in [0.25, 0.3) is 0 Å². The molecule has 1 N–H and O–H groups in total. The molecule has 0 spiro atoms. The third-order valence-corrected chi connectivity index (χ3v) is 6.43. The van der Waals surface area contributed by atoms with Gasteiger partial charge in [-0.1, -0.05) is 12.8 Å². The van der Waals surface area contributed by atoms with Gasteiger partial charge < -0.3 is 10.2 Å². The second kappa shape index (κ2) is 6.15. The van der Waals surface area contributed by atoms with E-state index in [4.69, 9.17) is 0 Å². The fourth-order valence-corrected chi connectivity index (χ4v) is 5.38. The molecule has 0 bridgehead atoms. The molecule has 3 aliphatic rings. The zero-order valence-corrected chi connectivity index (χ0v) is 12.6. The Morgan fingerprint density at radius 3 is 2.83 bits per heavy atom. The molecule has 3 rings (SSSR count). The van der Waals surface area contributed by atoms with Crippen LogP contribution in [0.4, 0.5) is 0 Å². The fraction of sp³-hybridized carbons (Fsp3) is 1.00. The molecule has 0 amide bonds. The number of likely N-dealkylation sites (N-methyl/N-ethyl adjacent to an activating group) is 1. The number of rotatable bonds is 3. The van der Waals surface area contributed by atoms with Gasteiger partial charge in [-0.05, 0) is 50.8 Å². The van der Waals surface area contributed by atoms with Gasteiger partial charge in [0.25, 0.3) is 0 Å². The number of nitrogens with zero attached hydrogens (tertiary/aromatic N) is 1. The summed E-state index contributed by atoms with van der Waals surface area (Å²) in [5, 5.41) is 3.96. The Labute approximate surface area is 116 Å². The molecule has 2 nitrogen and oxygen atoms in total. The molecule has 4 atom stereocenters. The van der Waals surface area contributed by atoms with Crippen LogP contribution in [-0.4, -0.2) is 48.1 Å². The molecule has 4 unspecified atom stereocenters. The third kappa shape index (κ3) is 3.05. The van der Waals surface area contributed by atoms with Crippen molar-refractivity contribution in [3.05, 3.63) is 0 Å². The van der Waals surface area contributed by atoms with Crippen molar-refractivity contribution in [2.75, 3.05) is 25.1 Å². The second-order valence-corrected chi connectivity index (χ2v) is 7.70. The summed E-state index contributed by atoms with van der Waals surface area (Å²) >= 11 is 2.13. The highest BCUT2D eigenvalue weighted by Gasteiger charge is 2.32. The smallest absolute Gasteiger partial charge is 0.0197 e. The molecular weight excluding hydrogens is 240 g/mol. The van der Waals surface area contributed by atoms with Crippen LogP contribution in [0, 0.1) is 5.92 Å². The number of piperidine rings is 1. The minimum Gasteiger partial charge on any atom is -0.310 e. The van der Waals surface area contributed by atoms with E-state index < -0.39 is 0 Å². The average molecular weight is 268 g/mol. The number of hydrogen-bond donors (Lipinski definition) is 1. The number of thioether (sulfide) groups is 1. The summed E-state index contributed by atoms with van der Waals surface area (Å²) in [6.45, 7) is 1.27. The Morgan fingerprint density at radius 2 is 2.00 bits per heavy atom. The summed E-state index contributed by atoms with van der Waals surface area (Å²) in [5.41, 5.74) is 0. The number of fused-ring (bicyclic) bond motifs is 1. The van der Waals surface area contributed by atoms with Crippen molar-refractivity contribution in [1.29, 1.82) is 0 Å². The summed E-state index contributed by atoms with van der Waals surface area (Å²) in [7, 11) is 2.34. The highest BCUT2D eigenvalue weighted by Crippen LogP contribution is 2.32. The van der Waals surface area contributed by atoms with Gasteiger partial charge in [-0.15, -0.1) is 0 Å². The molecule has 0 aromatic rings. The first-order valence-corrected chi connectivity index (χ1v) is 9.02. The summed E-state index contributed by atoms with van der Waals surface area (Å²) in [6.07, 6.45) is 10.1.